The molecule has 1 aromatic rings. The molecule has 2 fully saturated rings. The van der Waals surface area contributed by atoms with Crippen molar-refractivity contribution in [3.8, 4) is 0 Å². The summed E-state index contributed by atoms with van der Waals surface area (Å²) in [6.07, 6.45) is 1.16. The first-order valence-corrected chi connectivity index (χ1v) is 11.5. The first-order chi connectivity index (χ1) is 16.2. The summed E-state index contributed by atoms with van der Waals surface area (Å²) in [5.41, 5.74) is -3.77. The van der Waals surface area contributed by atoms with E-state index in [0.29, 0.717) is 0 Å². The molecule has 2 amide bonds. The minimum Gasteiger partial charge on any atom is -0.465 e. The van der Waals surface area contributed by atoms with Crippen molar-refractivity contribution in [3.05, 3.63) is 22.8 Å². The fraction of sp³-hybridized carbons (Fsp3) is 0.625. The summed E-state index contributed by atoms with van der Waals surface area (Å²) in [5, 5.41) is 4.92. The van der Waals surface area contributed by atoms with E-state index in [-0.39, 0.29) is 55.3 Å². The quantitative estimate of drug-likeness (QED) is 0.545. The number of carbonyl (C=O) groups excluding carboxylic acids is 3. The number of methoxy groups -OCH3 is 1. The molecule has 1 aromatic carbocycles. The topological polar surface area (TPSA) is 97.0 Å². The van der Waals surface area contributed by atoms with Crippen LogP contribution in [0.25, 0.3) is 0 Å². The molecule has 0 spiro atoms. The second kappa shape index (κ2) is 9.94. The standard InChI is InChI=1S/C24H32F3N3O5/c1-13-19(29-15(31)10-14-6-7-14)16(21(32)34-5)17(25)18(26)20(13)30-9-8-24(27,12-30)11-28-22(33)35-23(2,3)4/h14H,6-12H2,1-5H3,(H,28,33)(H,29,31). The minimum atomic E-state index is -1.93. The molecule has 194 valence electrons. The second-order valence-corrected chi connectivity index (χ2v) is 10.2. The van der Waals surface area contributed by atoms with Gasteiger partial charge in [0.1, 0.15) is 16.8 Å². The van der Waals surface area contributed by atoms with E-state index < -0.39 is 46.4 Å². The van der Waals surface area contributed by atoms with Gasteiger partial charge in [0.2, 0.25) is 5.91 Å². The molecule has 1 aliphatic carbocycles. The van der Waals surface area contributed by atoms with E-state index in [1.54, 1.807) is 20.8 Å². The molecule has 2 N–H and O–H groups in total. The predicted molar refractivity (Wildman–Crippen MR) is 123 cm³/mol. The average molecular weight is 500 g/mol. The third-order valence-corrected chi connectivity index (χ3v) is 5.99. The summed E-state index contributed by atoms with van der Waals surface area (Å²) >= 11 is 0. The van der Waals surface area contributed by atoms with E-state index in [0.717, 1.165) is 20.0 Å². The average Bonchev–Trinajstić information content (AvgIpc) is 3.48. The lowest BCUT2D eigenvalue weighted by Crippen LogP contribution is -2.43. The maximum absolute atomic E-state index is 15.5. The van der Waals surface area contributed by atoms with Crippen LogP contribution in [0.3, 0.4) is 0 Å². The van der Waals surface area contributed by atoms with Gasteiger partial charge in [-0.25, -0.2) is 22.8 Å². The van der Waals surface area contributed by atoms with Crippen LogP contribution in [-0.2, 0) is 14.3 Å². The Morgan fingerprint density at radius 1 is 1.17 bits per heavy atom. The van der Waals surface area contributed by atoms with Crippen molar-refractivity contribution in [2.75, 3.05) is 37.0 Å². The summed E-state index contributed by atoms with van der Waals surface area (Å²) in [5.74, 6) is -4.17. The van der Waals surface area contributed by atoms with Crippen LogP contribution in [0.4, 0.5) is 29.3 Å². The number of carbonyl (C=O) groups is 3. The molecule has 1 heterocycles. The normalized spacial score (nSPS) is 19.9. The van der Waals surface area contributed by atoms with Crippen molar-refractivity contribution in [1.29, 1.82) is 0 Å². The van der Waals surface area contributed by atoms with E-state index in [1.807, 2.05) is 0 Å². The summed E-state index contributed by atoms with van der Waals surface area (Å²) in [6, 6.07) is 0. The van der Waals surface area contributed by atoms with Crippen molar-refractivity contribution in [1.82, 2.24) is 5.32 Å². The molecule has 2 aliphatic rings. The highest BCUT2D eigenvalue weighted by atomic mass is 19.2. The largest absolute Gasteiger partial charge is 0.465 e. The van der Waals surface area contributed by atoms with Crippen LogP contribution >= 0.6 is 0 Å². The lowest BCUT2D eigenvalue weighted by atomic mass is 10.0. The van der Waals surface area contributed by atoms with Gasteiger partial charge in [0, 0.05) is 24.9 Å². The molecule has 1 atom stereocenters. The molecule has 3 rings (SSSR count). The van der Waals surface area contributed by atoms with Gasteiger partial charge in [0.05, 0.1) is 31.6 Å². The van der Waals surface area contributed by atoms with E-state index in [9.17, 15) is 14.4 Å². The van der Waals surface area contributed by atoms with Gasteiger partial charge in [0.25, 0.3) is 0 Å². The van der Waals surface area contributed by atoms with Crippen LogP contribution in [-0.4, -0.2) is 56.0 Å². The van der Waals surface area contributed by atoms with Gasteiger partial charge in [-0.05, 0) is 46.5 Å². The van der Waals surface area contributed by atoms with Crippen molar-refractivity contribution in [3.63, 3.8) is 0 Å². The number of nitrogens with one attached hydrogen (secondary N) is 2. The predicted octanol–water partition coefficient (Wildman–Crippen LogP) is 4.24. The Hall–Kier alpha value is -2.98. The van der Waals surface area contributed by atoms with Crippen LogP contribution in [0.2, 0.25) is 0 Å². The number of ether oxygens (including phenoxy) is 2. The van der Waals surface area contributed by atoms with Gasteiger partial charge in [-0.15, -0.1) is 0 Å². The first-order valence-electron chi connectivity index (χ1n) is 11.5. The maximum Gasteiger partial charge on any atom is 0.407 e. The molecule has 0 bridgehead atoms. The minimum absolute atomic E-state index is 0.0245. The van der Waals surface area contributed by atoms with Crippen molar-refractivity contribution >= 4 is 29.3 Å². The smallest absolute Gasteiger partial charge is 0.407 e. The van der Waals surface area contributed by atoms with Crippen LogP contribution < -0.4 is 15.5 Å². The molecular formula is C24H32F3N3O5. The monoisotopic (exact) mass is 499 g/mol. The number of nitrogens with zero attached hydrogens (tertiary/aromatic N) is 1. The van der Waals surface area contributed by atoms with Gasteiger partial charge in [0.15, 0.2) is 11.6 Å². The van der Waals surface area contributed by atoms with Gasteiger partial charge in [-0.2, -0.15) is 0 Å². The summed E-state index contributed by atoms with van der Waals surface area (Å²) in [4.78, 5) is 37.9. The highest BCUT2D eigenvalue weighted by Gasteiger charge is 2.42. The highest BCUT2D eigenvalue weighted by molar-refractivity contribution is 6.04. The van der Waals surface area contributed by atoms with Gasteiger partial charge in [-0.3, -0.25) is 4.79 Å². The number of hydrogen-bond donors (Lipinski definition) is 2. The first kappa shape index (κ1) is 26.6. The van der Waals surface area contributed by atoms with Crippen LogP contribution in [0.15, 0.2) is 0 Å². The molecule has 0 aromatic heterocycles. The number of hydrogen-bond acceptors (Lipinski definition) is 6. The number of anilines is 2. The number of benzene rings is 1. The lowest BCUT2D eigenvalue weighted by Gasteiger charge is -2.27. The van der Waals surface area contributed by atoms with Gasteiger partial charge in [-0.1, -0.05) is 0 Å². The number of alkyl halides is 1. The van der Waals surface area contributed by atoms with E-state index in [2.05, 4.69) is 15.4 Å². The number of esters is 1. The third-order valence-electron chi connectivity index (χ3n) is 5.99. The zero-order valence-electron chi connectivity index (χ0n) is 20.6. The Morgan fingerprint density at radius 2 is 1.83 bits per heavy atom. The summed E-state index contributed by atoms with van der Waals surface area (Å²) in [6.45, 7) is 5.75. The van der Waals surface area contributed by atoms with E-state index in [1.165, 1.54) is 11.8 Å². The van der Waals surface area contributed by atoms with Crippen LogP contribution in [0.5, 0.6) is 0 Å². The molecule has 8 nitrogen and oxygen atoms in total. The van der Waals surface area contributed by atoms with Gasteiger partial charge >= 0.3 is 12.1 Å². The highest BCUT2D eigenvalue weighted by Crippen LogP contribution is 2.40. The maximum atomic E-state index is 15.5. The Kier molecular flexibility index (Phi) is 7.56. The molecule has 1 aliphatic heterocycles. The zero-order valence-corrected chi connectivity index (χ0v) is 20.6. The number of rotatable bonds is 7. The Balaban J connectivity index is 1.86. The number of alkyl carbamates (subject to hydrolysis) is 1. The molecule has 35 heavy (non-hydrogen) atoms. The number of amides is 2. The van der Waals surface area contributed by atoms with Crippen molar-refractivity contribution in [2.24, 2.45) is 5.92 Å². The number of halogens is 3. The molecular weight excluding hydrogens is 467 g/mol. The fourth-order valence-electron chi connectivity index (χ4n) is 4.11. The Labute approximate surface area is 202 Å². The summed E-state index contributed by atoms with van der Waals surface area (Å²) < 4.78 is 55.5. The van der Waals surface area contributed by atoms with Crippen LogP contribution in [0.1, 0.15) is 62.4 Å². The summed E-state index contributed by atoms with van der Waals surface area (Å²) in [7, 11) is 1.02. The fourth-order valence-corrected chi connectivity index (χ4v) is 4.11. The Bertz CT molecular complexity index is 1020. The SMILES string of the molecule is COC(=O)c1c(F)c(F)c(N2CCC(F)(CNC(=O)OC(C)(C)C)C2)c(C)c1NC(=O)CC1CC1. The zero-order chi connectivity index (χ0) is 26.1. The van der Waals surface area contributed by atoms with Crippen LogP contribution in [0, 0.1) is 24.5 Å². The van der Waals surface area contributed by atoms with E-state index in [4.69, 9.17) is 4.74 Å². The van der Waals surface area contributed by atoms with Gasteiger partial charge < -0.3 is 25.0 Å². The molecule has 1 saturated heterocycles. The lowest BCUT2D eigenvalue weighted by molar-refractivity contribution is -0.116. The molecule has 0 radical (unpaired) electrons. The van der Waals surface area contributed by atoms with E-state index >= 15 is 13.2 Å². The third kappa shape index (κ3) is 6.37. The molecule has 1 unspecified atom stereocenters. The molecule has 11 heteroatoms. The second-order valence-electron chi connectivity index (χ2n) is 10.2. The molecule has 1 saturated carbocycles. The Morgan fingerprint density at radius 3 is 2.40 bits per heavy atom. The van der Waals surface area contributed by atoms with Crippen molar-refractivity contribution < 1.29 is 37.0 Å². The van der Waals surface area contributed by atoms with Crippen molar-refractivity contribution in [2.45, 2.75) is 64.6 Å².